The second-order valence-electron chi connectivity index (χ2n) is 8.46. The van der Waals surface area contributed by atoms with E-state index in [2.05, 4.69) is 47.0 Å². The summed E-state index contributed by atoms with van der Waals surface area (Å²) in [5, 5.41) is 0. The van der Waals surface area contributed by atoms with Crippen LogP contribution in [0.3, 0.4) is 0 Å². The lowest BCUT2D eigenvalue weighted by atomic mass is 10.1. The number of aromatic nitrogens is 1. The zero-order chi connectivity index (χ0) is 24.4. The molecule has 1 aromatic heterocycles. The van der Waals surface area contributed by atoms with Gasteiger partial charge in [0.25, 0.3) is 0 Å². The second-order valence-corrected chi connectivity index (χ2v) is 8.46. The number of primary amides is 1. The van der Waals surface area contributed by atoms with Crippen molar-refractivity contribution in [2.45, 2.75) is 65.0 Å². The molecule has 2 aromatic rings. The van der Waals surface area contributed by atoms with Gasteiger partial charge >= 0.3 is 0 Å². The van der Waals surface area contributed by atoms with Crippen molar-refractivity contribution in [3.63, 3.8) is 0 Å². The third-order valence-corrected chi connectivity index (χ3v) is 5.45. The Morgan fingerprint density at radius 1 is 1.00 bits per heavy atom. The lowest BCUT2D eigenvalue weighted by Gasteiger charge is -2.22. The van der Waals surface area contributed by atoms with Gasteiger partial charge in [0.1, 0.15) is 0 Å². The van der Waals surface area contributed by atoms with Crippen molar-refractivity contribution < 1.29 is 9.59 Å². The van der Waals surface area contributed by atoms with Gasteiger partial charge in [0, 0.05) is 51.1 Å². The molecule has 1 aromatic carbocycles. The Labute approximate surface area is 203 Å². The highest BCUT2D eigenvalue weighted by atomic mass is 16.2. The molecule has 2 rings (SSSR count). The van der Waals surface area contributed by atoms with Crippen LogP contribution < -0.4 is 16.6 Å². The number of nitrogens with two attached hydrogens (primary N) is 1. The molecule has 7 nitrogen and oxygen atoms in total. The maximum Gasteiger partial charge on any atom is 0.246 e. The molecule has 34 heavy (non-hydrogen) atoms. The number of hydrogen-bond acceptors (Lipinski definition) is 5. The number of carbonyl (C=O) groups excluding carboxylic acids is 2. The fraction of sp³-hybridized carbons (Fsp3) is 0.444. The van der Waals surface area contributed by atoms with Crippen molar-refractivity contribution >= 4 is 17.9 Å². The van der Waals surface area contributed by atoms with Crippen LogP contribution in [-0.2, 0) is 22.7 Å². The molecule has 1 heterocycles. The Bertz CT molecular complexity index is 868. The summed E-state index contributed by atoms with van der Waals surface area (Å²) < 4.78 is 0. The van der Waals surface area contributed by atoms with E-state index in [1.54, 1.807) is 18.5 Å². The number of benzene rings is 1. The number of hydrazine groups is 1. The van der Waals surface area contributed by atoms with Crippen molar-refractivity contribution in [2.75, 3.05) is 13.1 Å². The number of pyridine rings is 1. The van der Waals surface area contributed by atoms with Crippen molar-refractivity contribution in [1.29, 1.82) is 0 Å². The smallest absolute Gasteiger partial charge is 0.246 e. The van der Waals surface area contributed by atoms with E-state index in [1.807, 2.05) is 23.1 Å². The Morgan fingerprint density at radius 3 is 2.44 bits per heavy atom. The molecular weight excluding hydrogens is 426 g/mol. The van der Waals surface area contributed by atoms with E-state index in [0.29, 0.717) is 19.5 Å². The highest BCUT2D eigenvalue weighted by molar-refractivity contribution is 5.91. The fourth-order valence-corrected chi connectivity index (χ4v) is 3.51. The molecule has 0 saturated carbocycles. The van der Waals surface area contributed by atoms with Gasteiger partial charge < -0.3 is 10.6 Å². The molecule has 184 valence electrons. The molecule has 4 N–H and O–H groups in total. The summed E-state index contributed by atoms with van der Waals surface area (Å²) in [4.78, 5) is 29.8. The number of unbranched alkanes of at least 4 members (excludes halogenated alkanes) is 4. The van der Waals surface area contributed by atoms with Crippen LogP contribution in [0, 0.1) is 0 Å². The van der Waals surface area contributed by atoms with E-state index in [-0.39, 0.29) is 11.8 Å². The van der Waals surface area contributed by atoms with E-state index in [4.69, 9.17) is 5.73 Å². The number of amides is 2. The lowest BCUT2D eigenvalue weighted by molar-refractivity contribution is -0.126. The van der Waals surface area contributed by atoms with Crippen LogP contribution in [-0.4, -0.2) is 34.8 Å². The van der Waals surface area contributed by atoms with E-state index in [9.17, 15) is 9.59 Å². The minimum atomic E-state index is -0.240. The molecule has 0 aliphatic carbocycles. The SMILES string of the molecule is CCCNNCc1ccc(CN(CCCCCCCC(N)=O)C(=O)/C=C/c2cccnc2)cc1. The molecule has 0 bridgehead atoms. The Morgan fingerprint density at radius 2 is 1.74 bits per heavy atom. The van der Waals surface area contributed by atoms with Gasteiger partial charge in [-0.25, -0.2) is 0 Å². The van der Waals surface area contributed by atoms with Crippen LogP contribution in [0.5, 0.6) is 0 Å². The summed E-state index contributed by atoms with van der Waals surface area (Å²) in [5.74, 6) is -0.247. The molecule has 0 spiro atoms. The van der Waals surface area contributed by atoms with E-state index < -0.39 is 0 Å². The van der Waals surface area contributed by atoms with Crippen LogP contribution in [0.2, 0.25) is 0 Å². The third kappa shape index (κ3) is 11.7. The Balaban J connectivity index is 1.91. The first-order valence-corrected chi connectivity index (χ1v) is 12.3. The maximum absolute atomic E-state index is 13.0. The van der Waals surface area contributed by atoms with Gasteiger partial charge in [-0.15, -0.1) is 0 Å². The third-order valence-electron chi connectivity index (χ3n) is 5.45. The number of nitrogens with one attached hydrogen (secondary N) is 2. The summed E-state index contributed by atoms with van der Waals surface area (Å²) in [6.45, 7) is 5.09. The van der Waals surface area contributed by atoms with Gasteiger partial charge in [-0.05, 0) is 48.1 Å². The Hall–Kier alpha value is -3.03. The summed E-state index contributed by atoms with van der Waals surface area (Å²) in [6.07, 6.45) is 13.2. The predicted molar refractivity (Wildman–Crippen MR) is 137 cm³/mol. The van der Waals surface area contributed by atoms with Crippen LogP contribution in [0.4, 0.5) is 0 Å². The molecule has 7 heteroatoms. The molecule has 0 aliphatic rings. The number of hydrogen-bond donors (Lipinski definition) is 3. The van der Waals surface area contributed by atoms with E-state index >= 15 is 0 Å². The quantitative estimate of drug-likeness (QED) is 0.187. The summed E-state index contributed by atoms with van der Waals surface area (Å²) in [6, 6.07) is 12.2. The first kappa shape index (κ1) is 27.2. The molecule has 0 saturated heterocycles. The normalized spacial score (nSPS) is 11.1. The molecule has 0 fully saturated rings. The zero-order valence-electron chi connectivity index (χ0n) is 20.3. The number of nitrogens with zero attached hydrogens (tertiary/aromatic N) is 2. The van der Waals surface area contributed by atoms with E-state index in [1.165, 1.54) is 5.56 Å². The molecule has 0 radical (unpaired) electrons. The van der Waals surface area contributed by atoms with Crippen LogP contribution in [0.15, 0.2) is 54.9 Å². The number of rotatable bonds is 17. The minimum Gasteiger partial charge on any atom is -0.370 e. The van der Waals surface area contributed by atoms with Crippen molar-refractivity contribution in [3.05, 3.63) is 71.6 Å². The van der Waals surface area contributed by atoms with Crippen molar-refractivity contribution in [3.8, 4) is 0 Å². The van der Waals surface area contributed by atoms with Gasteiger partial charge in [0.2, 0.25) is 11.8 Å². The first-order valence-electron chi connectivity index (χ1n) is 12.3. The highest BCUT2D eigenvalue weighted by Gasteiger charge is 2.11. The zero-order valence-corrected chi connectivity index (χ0v) is 20.3. The molecule has 0 unspecified atom stereocenters. The summed E-state index contributed by atoms with van der Waals surface area (Å²) in [7, 11) is 0. The van der Waals surface area contributed by atoms with Gasteiger partial charge in [-0.1, -0.05) is 56.5 Å². The van der Waals surface area contributed by atoms with Crippen molar-refractivity contribution in [1.82, 2.24) is 20.7 Å². The van der Waals surface area contributed by atoms with E-state index in [0.717, 1.165) is 62.7 Å². The lowest BCUT2D eigenvalue weighted by Crippen LogP contribution is -2.31. The highest BCUT2D eigenvalue weighted by Crippen LogP contribution is 2.12. The molecule has 0 aliphatic heterocycles. The molecular formula is C27H39N5O2. The maximum atomic E-state index is 13.0. The summed E-state index contributed by atoms with van der Waals surface area (Å²) >= 11 is 0. The largest absolute Gasteiger partial charge is 0.370 e. The average molecular weight is 466 g/mol. The first-order chi connectivity index (χ1) is 16.6. The fourth-order valence-electron chi connectivity index (χ4n) is 3.51. The van der Waals surface area contributed by atoms with Gasteiger partial charge in [0.15, 0.2) is 0 Å². The van der Waals surface area contributed by atoms with Gasteiger partial charge in [0.05, 0.1) is 0 Å². The predicted octanol–water partition coefficient (Wildman–Crippen LogP) is 3.95. The Kier molecular flexibility index (Phi) is 13.3. The minimum absolute atomic E-state index is 0.00732. The second kappa shape index (κ2) is 16.6. The van der Waals surface area contributed by atoms with Crippen molar-refractivity contribution in [2.24, 2.45) is 5.73 Å². The topological polar surface area (TPSA) is 100 Å². The number of carbonyl (C=O) groups is 2. The van der Waals surface area contributed by atoms with Gasteiger partial charge in [-0.3, -0.25) is 25.4 Å². The molecule has 2 amide bonds. The monoisotopic (exact) mass is 465 g/mol. The van der Waals surface area contributed by atoms with Crippen LogP contribution >= 0.6 is 0 Å². The van der Waals surface area contributed by atoms with Crippen LogP contribution in [0.25, 0.3) is 6.08 Å². The van der Waals surface area contributed by atoms with Crippen LogP contribution in [0.1, 0.15) is 68.6 Å². The molecule has 0 atom stereocenters. The summed E-state index contributed by atoms with van der Waals surface area (Å²) in [5.41, 5.74) is 14.8. The standard InChI is InChI=1S/C27H39N5O2/c1-2-17-30-31-21-24-11-13-25(14-12-24)22-32(19-7-5-3-4-6-10-26(28)33)27(34)16-15-23-9-8-18-29-20-23/h8-9,11-16,18,20,30-31H,2-7,10,17,19,21-22H2,1H3,(H2,28,33)/b16-15+. The van der Waals surface area contributed by atoms with Gasteiger partial charge in [-0.2, -0.15) is 0 Å². The average Bonchev–Trinajstić information content (AvgIpc) is 2.85.